The average molecular weight is 521 g/mol. The molecule has 0 bridgehead atoms. The molecule has 1 aromatic carbocycles. The minimum Gasteiger partial charge on any atom is -0.401 e. The van der Waals surface area contributed by atoms with Crippen molar-refractivity contribution < 1.29 is 17.6 Å². The molecule has 1 saturated carbocycles. The second-order valence-corrected chi connectivity index (χ2v) is 8.98. The van der Waals surface area contributed by atoms with Crippen molar-refractivity contribution in [2.24, 2.45) is 7.05 Å². The van der Waals surface area contributed by atoms with Gasteiger partial charge in [-0.25, -0.2) is 24.4 Å². The molecule has 0 saturated heterocycles. The number of hydrogen-bond donors (Lipinski definition) is 0. The van der Waals surface area contributed by atoms with Gasteiger partial charge in [-0.1, -0.05) is 23.2 Å². The van der Waals surface area contributed by atoms with Crippen LogP contribution in [-0.2, 0) is 13.2 Å². The number of fused-ring (bicyclic) bond motifs is 2. The van der Waals surface area contributed by atoms with Crippen LogP contribution in [0.15, 0.2) is 39.7 Å². The number of halogens is 5. The standard InChI is InChI=1S/C22H13Cl2F3N6O2/c1-32-17-12(29-18(32)9-4-5-9)7-10-16(15(17)24)30-20(35-21(10)34)13-8-14(22(25,26)27)31-33(13)19-11(23)3-2-6-28-19/h2-3,6-9H,4-5H2,1H3. The largest absolute Gasteiger partial charge is 0.435 e. The van der Waals surface area contributed by atoms with Gasteiger partial charge in [0.1, 0.15) is 17.0 Å². The van der Waals surface area contributed by atoms with E-state index in [1.165, 1.54) is 24.4 Å². The summed E-state index contributed by atoms with van der Waals surface area (Å²) in [6.07, 6.45) is -1.41. The normalized spacial score (nSPS) is 14.3. The lowest BCUT2D eigenvalue weighted by molar-refractivity contribution is -0.141. The lowest BCUT2D eigenvalue weighted by Gasteiger charge is -2.08. The van der Waals surface area contributed by atoms with Crippen molar-refractivity contribution >= 4 is 45.1 Å². The highest BCUT2D eigenvalue weighted by atomic mass is 35.5. The van der Waals surface area contributed by atoms with Gasteiger partial charge in [-0.2, -0.15) is 18.3 Å². The molecule has 4 heterocycles. The molecule has 1 aliphatic rings. The predicted molar refractivity (Wildman–Crippen MR) is 122 cm³/mol. The number of alkyl halides is 3. The molecular weight excluding hydrogens is 508 g/mol. The molecular formula is C22H13Cl2F3N6O2. The summed E-state index contributed by atoms with van der Waals surface area (Å²) < 4.78 is 48.6. The third-order valence-electron chi connectivity index (χ3n) is 5.83. The van der Waals surface area contributed by atoms with Crippen LogP contribution < -0.4 is 5.63 Å². The monoisotopic (exact) mass is 520 g/mol. The lowest BCUT2D eigenvalue weighted by Crippen LogP contribution is -2.09. The van der Waals surface area contributed by atoms with Gasteiger partial charge in [0.15, 0.2) is 11.5 Å². The van der Waals surface area contributed by atoms with E-state index in [1.54, 1.807) is 0 Å². The van der Waals surface area contributed by atoms with E-state index in [-0.39, 0.29) is 32.5 Å². The maximum atomic E-state index is 13.5. The van der Waals surface area contributed by atoms with E-state index in [4.69, 9.17) is 27.6 Å². The summed E-state index contributed by atoms with van der Waals surface area (Å²) in [7, 11) is 1.82. The summed E-state index contributed by atoms with van der Waals surface area (Å²) in [5, 5.41) is 3.85. The molecule has 0 amide bonds. The number of pyridine rings is 1. The van der Waals surface area contributed by atoms with Gasteiger partial charge in [0, 0.05) is 25.2 Å². The van der Waals surface area contributed by atoms with Crippen LogP contribution in [0.4, 0.5) is 13.2 Å². The summed E-state index contributed by atoms with van der Waals surface area (Å²) in [4.78, 5) is 25.9. The summed E-state index contributed by atoms with van der Waals surface area (Å²) in [5.41, 5.74) is -1.18. The molecule has 1 aliphatic carbocycles. The number of aromatic nitrogens is 6. The SMILES string of the molecule is Cn1c(C2CC2)nc2cc3c(=O)oc(-c4cc(C(F)(F)F)nn4-c4ncccc4Cl)nc3c(Cl)c21. The van der Waals surface area contributed by atoms with Crippen LogP contribution in [0.2, 0.25) is 10.0 Å². The molecule has 4 aromatic heterocycles. The Morgan fingerprint density at radius 3 is 2.63 bits per heavy atom. The highest BCUT2D eigenvalue weighted by Gasteiger charge is 2.37. The van der Waals surface area contributed by atoms with Gasteiger partial charge in [0.2, 0.25) is 5.89 Å². The van der Waals surface area contributed by atoms with Gasteiger partial charge in [0.05, 0.1) is 26.5 Å². The molecule has 13 heteroatoms. The zero-order valence-corrected chi connectivity index (χ0v) is 19.3. The van der Waals surface area contributed by atoms with E-state index in [1.807, 2.05) is 11.6 Å². The Morgan fingerprint density at radius 1 is 1.17 bits per heavy atom. The van der Waals surface area contributed by atoms with E-state index >= 15 is 0 Å². The third kappa shape index (κ3) is 3.49. The molecule has 1 fully saturated rings. The summed E-state index contributed by atoms with van der Waals surface area (Å²) in [6, 6.07) is 5.20. The minimum atomic E-state index is -4.78. The maximum Gasteiger partial charge on any atom is 0.435 e. The lowest BCUT2D eigenvalue weighted by atomic mass is 10.2. The Morgan fingerprint density at radius 2 is 1.94 bits per heavy atom. The van der Waals surface area contributed by atoms with E-state index < -0.39 is 23.4 Å². The molecule has 0 N–H and O–H groups in total. The number of aryl methyl sites for hydroxylation is 1. The molecule has 35 heavy (non-hydrogen) atoms. The Labute approximate surface area is 203 Å². The number of benzene rings is 1. The first-order chi connectivity index (χ1) is 16.6. The van der Waals surface area contributed by atoms with Gasteiger partial charge >= 0.3 is 11.8 Å². The summed E-state index contributed by atoms with van der Waals surface area (Å²) in [6.45, 7) is 0. The molecule has 6 rings (SSSR count). The fourth-order valence-corrected chi connectivity index (χ4v) is 4.62. The molecule has 5 aromatic rings. The van der Waals surface area contributed by atoms with Gasteiger partial charge in [-0.05, 0) is 31.0 Å². The van der Waals surface area contributed by atoms with Crippen LogP contribution in [0.1, 0.15) is 30.3 Å². The molecule has 0 spiro atoms. The van der Waals surface area contributed by atoms with Gasteiger partial charge < -0.3 is 8.98 Å². The van der Waals surface area contributed by atoms with Crippen LogP contribution in [0, 0.1) is 0 Å². The van der Waals surface area contributed by atoms with Crippen LogP contribution >= 0.6 is 23.2 Å². The topological polar surface area (TPSA) is 91.6 Å². The molecule has 0 atom stereocenters. The highest BCUT2D eigenvalue weighted by molar-refractivity contribution is 6.39. The first kappa shape index (κ1) is 22.1. The zero-order valence-electron chi connectivity index (χ0n) is 17.8. The predicted octanol–water partition coefficient (Wildman–Crippen LogP) is 5.53. The van der Waals surface area contributed by atoms with Crippen LogP contribution in [0.5, 0.6) is 0 Å². The van der Waals surface area contributed by atoms with Crippen molar-refractivity contribution in [3.63, 3.8) is 0 Å². The number of nitrogens with zero attached hydrogens (tertiary/aromatic N) is 6. The Hall–Kier alpha value is -3.44. The zero-order chi connectivity index (χ0) is 24.6. The van der Waals surface area contributed by atoms with Crippen molar-refractivity contribution in [1.29, 1.82) is 0 Å². The fraction of sp³-hybridized carbons (Fsp3) is 0.227. The van der Waals surface area contributed by atoms with Gasteiger partial charge in [-0.15, -0.1) is 0 Å². The van der Waals surface area contributed by atoms with Gasteiger partial charge in [-0.3, -0.25) is 0 Å². The Balaban J connectivity index is 1.63. The van der Waals surface area contributed by atoms with Crippen molar-refractivity contribution in [1.82, 2.24) is 29.3 Å². The Bertz CT molecular complexity index is 1720. The van der Waals surface area contributed by atoms with Crippen molar-refractivity contribution in [3.8, 4) is 17.4 Å². The highest BCUT2D eigenvalue weighted by Crippen LogP contribution is 2.42. The number of imidazole rings is 1. The van der Waals surface area contributed by atoms with Crippen LogP contribution in [0.3, 0.4) is 0 Å². The number of rotatable bonds is 3. The second kappa shape index (κ2) is 7.53. The molecule has 0 aliphatic heterocycles. The molecule has 178 valence electrons. The van der Waals surface area contributed by atoms with Crippen LogP contribution in [-0.4, -0.2) is 29.3 Å². The van der Waals surface area contributed by atoms with E-state index in [9.17, 15) is 18.0 Å². The molecule has 0 unspecified atom stereocenters. The van der Waals surface area contributed by atoms with E-state index in [0.29, 0.717) is 23.0 Å². The first-order valence-electron chi connectivity index (χ1n) is 10.4. The Kier molecular flexibility index (Phi) is 4.74. The first-order valence-corrected chi connectivity index (χ1v) is 11.2. The molecule has 0 radical (unpaired) electrons. The third-order valence-corrected chi connectivity index (χ3v) is 6.49. The fourth-order valence-electron chi connectivity index (χ4n) is 4.05. The summed E-state index contributed by atoms with van der Waals surface area (Å²) in [5.74, 6) is 0.661. The quantitative estimate of drug-likeness (QED) is 0.310. The average Bonchev–Trinajstić information content (AvgIpc) is 3.44. The minimum absolute atomic E-state index is 0.0379. The van der Waals surface area contributed by atoms with Crippen molar-refractivity contribution in [2.75, 3.05) is 0 Å². The maximum absolute atomic E-state index is 13.5. The van der Waals surface area contributed by atoms with E-state index in [2.05, 4.69) is 20.1 Å². The van der Waals surface area contributed by atoms with E-state index in [0.717, 1.165) is 23.3 Å². The second-order valence-electron chi connectivity index (χ2n) is 8.20. The summed E-state index contributed by atoms with van der Waals surface area (Å²) >= 11 is 12.8. The smallest absolute Gasteiger partial charge is 0.401 e. The number of hydrogen-bond acceptors (Lipinski definition) is 6. The van der Waals surface area contributed by atoms with Crippen LogP contribution in [0.25, 0.3) is 39.3 Å². The van der Waals surface area contributed by atoms with Crippen molar-refractivity contribution in [2.45, 2.75) is 24.9 Å². The molecule has 8 nitrogen and oxygen atoms in total. The van der Waals surface area contributed by atoms with Crippen molar-refractivity contribution in [3.05, 3.63) is 62.4 Å². The van der Waals surface area contributed by atoms with Gasteiger partial charge in [0.25, 0.3) is 0 Å².